The van der Waals surface area contributed by atoms with Gasteiger partial charge >= 0.3 is 0 Å². The second-order valence-electron chi connectivity index (χ2n) is 4.74. The topological polar surface area (TPSA) is 61.5 Å². The van der Waals surface area contributed by atoms with E-state index in [1.807, 2.05) is 25.1 Å². The lowest BCUT2D eigenvalue weighted by molar-refractivity contribution is 0.103. The molecule has 0 atom stereocenters. The lowest BCUT2D eigenvalue weighted by Crippen LogP contribution is -2.09. The second kappa shape index (κ2) is 6.90. The van der Waals surface area contributed by atoms with Gasteiger partial charge in [0.2, 0.25) is 0 Å². The fourth-order valence-corrected chi connectivity index (χ4v) is 1.95. The second-order valence-corrected chi connectivity index (χ2v) is 4.74. The smallest absolute Gasteiger partial charge is 0.196 e. The van der Waals surface area contributed by atoms with Crippen LogP contribution in [-0.4, -0.2) is 26.1 Å². The first-order chi connectivity index (χ1) is 10.1. The van der Waals surface area contributed by atoms with E-state index in [0.29, 0.717) is 35.8 Å². The summed E-state index contributed by atoms with van der Waals surface area (Å²) in [5, 5.41) is 0. The number of nitrogens with two attached hydrogens (primary N) is 1. The van der Waals surface area contributed by atoms with Gasteiger partial charge in [0.15, 0.2) is 5.78 Å². The van der Waals surface area contributed by atoms with Crippen molar-refractivity contribution < 1.29 is 14.3 Å². The Labute approximate surface area is 124 Å². The summed E-state index contributed by atoms with van der Waals surface area (Å²) in [6.07, 6.45) is 0. The number of anilines is 1. The van der Waals surface area contributed by atoms with Crippen molar-refractivity contribution in [3.05, 3.63) is 59.2 Å². The number of benzene rings is 2. The third-order valence-electron chi connectivity index (χ3n) is 3.22. The summed E-state index contributed by atoms with van der Waals surface area (Å²) < 4.78 is 10.5. The highest BCUT2D eigenvalue weighted by Crippen LogP contribution is 2.23. The molecule has 110 valence electrons. The molecule has 0 aliphatic heterocycles. The molecule has 0 unspecified atom stereocenters. The Morgan fingerprint density at radius 1 is 1.14 bits per heavy atom. The number of ketones is 1. The average Bonchev–Trinajstić information content (AvgIpc) is 2.50. The predicted molar refractivity (Wildman–Crippen MR) is 82.8 cm³/mol. The van der Waals surface area contributed by atoms with Crippen LogP contribution in [0.1, 0.15) is 21.5 Å². The van der Waals surface area contributed by atoms with Crippen molar-refractivity contribution >= 4 is 11.5 Å². The van der Waals surface area contributed by atoms with Gasteiger partial charge in [0.05, 0.1) is 12.2 Å². The molecule has 2 aromatic rings. The Bertz CT molecular complexity index is 638. The van der Waals surface area contributed by atoms with E-state index >= 15 is 0 Å². The third kappa shape index (κ3) is 3.61. The molecule has 2 N–H and O–H groups in total. The van der Waals surface area contributed by atoms with Crippen LogP contribution >= 0.6 is 0 Å². The Hall–Kier alpha value is -2.33. The molecule has 0 bridgehead atoms. The molecule has 0 saturated carbocycles. The molecule has 2 rings (SSSR count). The summed E-state index contributed by atoms with van der Waals surface area (Å²) in [7, 11) is 1.61. The van der Waals surface area contributed by atoms with Crippen LogP contribution in [0.3, 0.4) is 0 Å². The molecule has 21 heavy (non-hydrogen) atoms. The van der Waals surface area contributed by atoms with E-state index < -0.39 is 0 Å². The number of para-hydroxylation sites is 1. The molecule has 4 nitrogen and oxygen atoms in total. The number of methoxy groups -OCH3 is 1. The van der Waals surface area contributed by atoms with E-state index in [-0.39, 0.29) is 5.78 Å². The zero-order valence-corrected chi connectivity index (χ0v) is 12.3. The molecule has 0 saturated heterocycles. The van der Waals surface area contributed by atoms with E-state index in [1.165, 1.54) is 0 Å². The summed E-state index contributed by atoms with van der Waals surface area (Å²) in [5.41, 5.74) is 8.52. The molecular formula is C17H19NO3. The van der Waals surface area contributed by atoms with Crippen LogP contribution in [0.5, 0.6) is 5.75 Å². The molecule has 0 aliphatic rings. The first-order valence-corrected chi connectivity index (χ1v) is 6.75. The van der Waals surface area contributed by atoms with Crippen molar-refractivity contribution in [1.29, 1.82) is 0 Å². The van der Waals surface area contributed by atoms with Crippen molar-refractivity contribution in [2.45, 2.75) is 6.92 Å². The molecule has 0 fully saturated rings. The maximum atomic E-state index is 12.6. The van der Waals surface area contributed by atoms with Crippen LogP contribution in [0.15, 0.2) is 42.5 Å². The Morgan fingerprint density at radius 3 is 2.62 bits per heavy atom. The van der Waals surface area contributed by atoms with E-state index in [9.17, 15) is 4.79 Å². The summed E-state index contributed by atoms with van der Waals surface area (Å²) in [6, 6.07) is 12.5. The van der Waals surface area contributed by atoms with Gasteiger partial charge in [-0.2, -0.15) is 0 Å². The number of hydrogen-bond acceptors (Lipinski definition) is 4. The summed E-state index contributed by atoms with van der Waals surface area (Å²) in [6.45, 7) is 2.78. The van der Waals surface area contributed by atoms with Gasteiger partial charge in [-0.1, -0.05) is 24.3 Å². The number of hydrogen-bond donors (Lipinski definition) is 1. The fraction of sp³-hybridized carbons (Fsp3) is 0.235. The molecule has 2 aromatic carbocycles. The van der Waals surface area contributed by atoms with Gasteiger partial charge in [0.25, 0.3) is 0 Å². The van der Waals surface area contributed by atoms with E-state index in [0.717, 1.165) is 5.56 Å². The number of carbonyl (C=O) groups is 1. The van der Waals surface area contributed by atoms with Crippen molar-refractivity contribution in [2.24, 2.45) is 0 Å². The minimum absolute atomic E-state index is 0.102. The first-order valence-electron chi connectivity index (χ1n) is 6.75. The van der Waals surface area contributed by atoms with Crippen molar-refractivity contribution in [2.75, 3.05) is 26.1 Å². The highest BCUT2D eigenvalue weighted by atomic mass is 16.5. The third-order valence-corrected chi connectivity index (χ3v) is 3.22. The minimum Gasteiger partial charge on any atom is -0.490 e. The van der Waals surface area contributed by atoms with Gasteiger partial charge in [-0.3, -0.25) is 4.79 Å². The highest BCUT2D eigenvalue weighted by Gasteiger charge is 2.15. The van der Waals surface area contributed by atoms with Crippen LogP contribution in [0, 0.1) is 6.92 Å². The van der Waals surface area contributed by atoms with E-state index in [4.69, 9.17) is 15.2 Å². The maximum absolute atomic E-state index is 12.6. The fourth-order valence-electron chi connectivity index (χ4n) is 1.95. The van der Waals surface area contributed by atoms with Crippen molar-refractivity contribution in [3.63, 3.8) is 0 Å². The van der Waals surface area contributed by atoms with Crippen molar-refractivity contribution in [3.8, 4) is 5.75 Å². The predicted octanol–water partition coefficient (Wildman–Crippen LogP) is 2.83. The molecule has 0 radical (unpaired) electrons. The summed E-state index contributed by atoms with van der Waals surface area (Å²) in [4.78, 5) is 12.6. The molecule has 0 aliphatic carbocycles. The minimum atomic E-state index is -0.102. The standard InChI is InChI=1S/C17H19NO3/c1-12-7-8-13(11-15(12)18)17(19)14-5-3-4-6-16(14)21-10-9-20-2/h3-8,11H,9-10,18H2,1-2H3. The molecule has 0 amide bonds. The zero-order chi connectivity index (χ0) is 15.2. The largest absolute Gasteiger partial charge is 0.490 e. The first kappa shape index (κ1) is 15.1. The van der Waals surface area contributed by atoms with Gasteiger partial charge in [-0.15, -0.1) is 0 Å². The van der Waals surface area contributed by atoms with E-state index in [2.05, 4.69) is 0 Å². The van der Waals surface area contributed by atoms with Gasteiger partial charge in [0.1, 0.15) is 12.4 Å². The summed E-state index contributed by atoms with van der Waals surface area (Å²) in [5.74, 6) is 0.452. The Kier molecular flexibility index (Phi) is 4.95. The number of rotatable bonds is 6. The SMILES string of the molecule is COCCOc1ccccc1C(=O)c1ccc(C)c(N)c1. The normalized spacial score (nSPS) is 10.4. The Balaban J connectivity index is 2.27. The van der Waals surface area contributed by atoms with Gasteiger partial charge in [0, 0.05) is 18.4 Å². The quantitative estimate of drug-likeness (QED) is 0.503. The molecule has 4 heteroatoms. The highest BCUT2D eigenvalue weighted by molar-refractivity contribution is 6.11. The molecule has 0 spiro atoms. The maximum Gasteiger partial charge on any atom is 0.196 e. The van der Waals surface area contributed by atoms with Gasteiger partial charge in [-0.05, 0) is 30.7 Å². The van der Waals surface area contributed by atoms with Crippen LogP contribution in [-0.2, 0) is 4.74 Å². The number of carbonyl (C=O) groups excluding carboxylic acids is 1. The molecule has 0 aromatic heterocycles. The van der Waals surface area contributed by atoms with Crippen LogP contribution in [0.25, 0.3) is 0 Å². The number of aryl methyl sites for hydroxylation is 1. The number of nitrogen functional groups attached to an aromatic ring is 1. The molecular weight excluding hydrogens is 266 g/mol. The van der Waals surface area contributed by atoms with E-state index in [1.54, 1.807) is 31.4 Å². The average molecular weight is 285 g/mol. The molecule has 0 heterocycles. The summed E-state index contributed by atoms with van der Waals surface area (Å²) >= 11 is 0. The van der Waals surface area contributed by atoms with Crippen LogP contribution in [0.4, 0.5) is 5.69 Å². The Morgan fingerprint density at radius 2 is 1.90 bits per heavy atom. The van der Waals surface area contributed by atoms with Crippen molar-refractivity contribution in [1.82, 2.24) is 0 Å². The lowest BCUT2D eigenvalue weighted by Gasteiger charge is -2.11. The lowest BCUT2D eigenvalue weighted by atomic mass is 10.0. The van der Waals surface area contributed by atoms with Crippen LogP contribution in [0.2, 0.25) is 0 Å². The zero-order valence-electron chi connectivity index (χ0n) is 12.3. The van der Waals surface area contributed by atoms with Crippen LogP contribution < -0.4 is 10.5 Å². The number of ether oxygens (including phenoxy) is 2. The monoisotopic (exact) mass is 285 g/mol. The van der Waals surface area contributed by atoms with Gasteiger partial charge in [-0.25, -0.2) is 0 Å². The van der Waals surface area contributed by atoms with Gasteiger partial charge < -0.3 is 15.2 Å².